The summed E-state index contributed by atoms with van der Waals surface area (Å²) in [5.41, 5.74) is 2.09. The Morgan fingerprint density at radius 3 is 2.78 bits per heavy atom. The molecule has 0 radical (unpaired) electrons. The van der Waals surface area contributed by atoms with Gasteiger partial charge in [0, 0.05) is 49.9 Å². The maximum Gasteiger partial charge on any atom is 0.222 e. The van der Waals surface area contributed by atoms with Gasteiger partial charge in [0.15, 0.2) is 5.82 Å². The fourth-order valence-electron chi connectivity index (χ4n) is 4.27. The van der Waals surface area contributed by atoms with E-state index in [4.69, 9.17) is 9.72 Å². The monoisotopic (exact) mass is 433 g/mol. The van der Waals surface area contributed by atoms with Gasteiger partial charge in [-0.15, -0.1) is 0 Å². The molecule has 0 bridgehead atoms. The lowest BCUT2D eigenvalue weighted by Crippen LogP contribution is -2.39. The van der Waals surface area contributed by atoms with Gasteiger partial charge in [0.25, 0.3) is 0 Å². The number of carbonyl (C=O) groups is 1. The molecule has 1 aliphatic heterocycles. The molecule has 1 amide bonds. The second-order valence-electron chi connectivity index (χ2n) is 8.64. The third-order valence-corrected chi connectivity index (χ3v) is 6.05. The van der Waals surface area contributed by atoms with E-state index < -0.39 is 0 Å². The minimum atomic E-state index is 0.200. The van der Waals surface area contributed by atoms with Gasteiger partial charge >= 0.3 is 0 Å². The molecular formula is C25H31N5O2. The number of likely N-dealkylation sites (tertiary alicyclic amines) is 1. The number of methoxy groups -OCH3 is 1. The van der Waals surface area contributed by atoms with Gasteiger partial charge in [-0.1, -0.05) is 26.0 Å². The van der Waals surface area contributed by atoms with Crippen LogP contribution in [0.5, 0.6) is 5.75 Å². The van der Waals surface area contributed by atoms with E-state index in [1.54, 1.807) is 19.5 Å². The van der Waals surface area contributed by atoms with Crippen molar-refractivity contribution in [3.63, 3.8) is 0 Å². The predicted molar refractivity (Wildman–Crippen MR) is 123 cm³/mol. The SMILES string of the molecule is COc1ccc(CCC(=O)N2CCC[C@@H](c3cncc(-n4ccnc4C(C)C)n3)C2)cc1. The van der Waals surface area contributed by atoms with Crippen molar-refractivity contribution < 1.29 is 9.53 Å². The molecule has 168 valence electrons. The number of aryl methyl sites for hydroxylation is 1. The van der Waals surface area contributed by atoms with Crippen molar-refractivity contribution in [3.8, 4) is 11.6 Å². The van der Waals surface area contributed by atoms with E-state index in [9.17, 15) is 4.79 Å². The van der Waals surface area contributed by atoms with Crippen molar-refractivity contribution in [2.24, 2.45) is 0 Å². The minimum absolute atomic E-state index is 0.200. The largest absolute Gasteiger partial charge is 0.497 e. The highest BCUT2D eigenvalue weighted by Gasteiger charge is 2.26. The van der Waals surface area contributed by atoms with Crippen molar-refractivity contribution in [2.75, 3.05) is 20.2 Å². The van der Waals surface area contributed by atoms with Crippen molar-refractivity contribution in [3.05, 3.63) is 66.1 Å². The van der Waals surface area contributed by atoms with Gasteiger partial charge in [0.2, 0.25) is 5.91 Å². The summed E-state index contributed by atoms with van der Waals surface area (Å²) in [5.74, 6) is 3.28. The van der Waals surface area contributed by atoms with E-state index in [-0.39, 0.29) is 11.8 Å². The molecule has 0 aliphatic carbocycles. The molecule has 1 saturated heterocycles. The van der Waals surface area contributed by atoms with Crippen LogP contribution in [0.3, 0.4) is 0 Å². The van der Waals surface area contributed by atoms with Crippen LogP contribution in [0.2, 0.25) is 0 Å². The predicted octanol–water partition coefficient (Wildman–Crippen LogP) is 4.13. The second-order valence-corrected chi connectivity index (χ2v) is 8.64. The van der Waals surface area contributed by atoms with Crippen molar-refractivity contribution in [2.45, 2.75) is 51.4 Å². The van der Waals surface area contributed by atoms with E-state index in [0.717, 1.165) is 54.5 Å². The fourth-order valence-corrected chi connectivity index (χ4v) is 4.27. The van der Waals surface area contributed by atoms with Gasteiger partial charge in [-0.2, -0.15) is 0 Å². The lowest BCUT2D eigenvalue weighted by molar-refractivity contribution is -0.132. The first-order valence-corrected chi connectivity index (χ1v) is 11.3. The van der Waals surface area contributed by atoms with E-state index >= 15 is 0 Å². The first kappa shape index (κ1) is 22.0. The van der Waals surface area contributed by atoms with Crippen molar-refractivity contribution >= 4 is 5.91 Å². The van der Waals surface area contributed by atoms with Gasteiger partial charge < -0.3 is 9.64 Å². The molecule has 7 heteroatoms. The van der Waals surface area contributed by atoms with Crippen LogP contribution in [0, 0.1) is 0 Å². The first-order chi connectivity index (χ1) is 15.5. The number of amides is 1. The van der Waals surface area contributed by atoms with Crippen LogP contribution in [0.1, 0.15) is 62.0 Å². The van der Waals surface area contributed by atoms with Crippen molar-refractivity contribution in [1.82, 2.24) is 24.4 Å². The Bertz CT molecular complexity index is 1040. The molecule has 32 heavy (non-hydrogen) atoms. The average Bonchev–Trinajstić information content (AvgIpc) is 3.34. The zero-order valence-corrected chi connectivity index (χ0v) is 19.1. The molecule has 3 aromatic rings. The molecule has 3 heterocycles. The molecule has 1 fully saturated rings. The maximum atomic E-state index is 12.9. The maximum absolute atomic E-state index is 12.9. The number of carbonyl (C=O) groups excluding carboxylic acids is 1. The summed E-state index contributed by atoms with van der Waals surface area (Å²) < 4.78 is 7.20. The number of rotatable bonds is 7. The van der Waals surface area contributed by atoms with Crippen LogP contribution in [0.25, 0.3) is 5.82 Å². The molecule has 4 rings (SSSR count). The van der Waals surface area contributed by atoms with Crippen LogP contribution in [0.15, 0.2) is 49.1 Å². The summed E-state index contributed by atoms with van der Waals surface area (Å²) >= 11 is 0. The van der Waals surface area contributed by atoms with Gasteiger partial charge in [0.05, 0.1) is 19.0 Å². The minimum Gasteiger partial charge on any atom is -0.497 e. The summed E-state index contributed by atoms with van der Waals surface area (Å²) in [7, 11) is 1.66. The molecule has 0 unspecified atom stereocenters. The highest BCUT2D eigenvalue weighted by Crippen LogP contribution is 2.27. The Kier molecular flexibility index (Phi) is 6.83. The number of hydrogen-bond donors (Lipinski definition) is 0. The zero-order chi connectivity index (χ0) is 22.5. The average molecular weight is 434 g/mol. The molecule has 0 N–H and O–H groups in total. The molecule has 1 atom stereocenters. The highest BCUT2D eigenvalue weighted by atomic mass is 16.5. The number of nitrogens with zero attached hydrogens (tertiary/aromatic N) is 5. The lowest BCUT2D eigenvalue weighted by atomic mass is 9.94. The number of aromatic nitrogens is 4. The fraction of sp³-hybridized carbons (Fsp3) is 0.440. The van der Waals surface area contributed by atoms with Gasteiger partial charge in [-0.25, -0.2) is 9.97 Å². The van der Waals surface area contributed by atoms with Gasteiger partial charge in [0.1, 0.15) is 11.6 Å². The summed E-state index contributed by atoms with van der Waals surface area (Å²) in [4.78, 5) is 28.7. The van der Waals surface area contributed by atoms with Crippen molar-refractivity contribution in [1.29, 1.82) is 0 Å². The third-order valence-electron chi connectivity index (χ3n) is 6.05. The van der Waals surface area contributed by atoms with Crippen LogP contribution >= 0.6 is 0 Å². The molecule has 1 aliphatic rings. The van der Waals surface area contributed by atoms with Crippen LogP contribution in [-0.4, -0.2) is 50.5 Å². The zero-order valence-electron chi connectivity index (χ0n) is 19.1. The second kappa shape index (κ2) is 9.94. The Morgan fingerprint density at radius 2 is 2.03 bits per heavy atom. The molecule has 2 aromatic heterocycles. The molecule has 7 nitrogen and oxygen atoms in total. The smallest absolute Gasteiger partial charge is 0.222 e. The Hall–Kier alpha value is -3.22. The Balaban J connectivity index is 1.41. The van der Waals surface area contributed by atoms with Crippen LogP contribution < -0.4 is 4.74 Å². The lowest BCUT2D eigenvalue weighted by Gasteiger charge is -2.32. The van der Waals surface area contributed by atoms with Crippen LogP contribution in [0.4, 0.5) is 0 Å². The summed E-state index contributed by atoms with van der Waals surface area (Å²) in [5, 5.41) is 0. The number of piperidine rings is 1. The number of ether oxygens (including phenoxy) is 1. The Morgan fingerprint density at radius 1 is 1.22 bits per heavy atom. The van der Waals surface area contributed by atoms with E-state index in [2.05, 4.69) is 23.8 Å². The normalized spacial score (nSPS) is 16.4. The number of imidazole rings is 1. The summed E-state index contributed by atoms with van der Waals surface area (Å²) in [6.07, 6.45) is 10.6. The van der Waals surface area contributed by atoms with Gasteiger partial charge in [-0.05, 0) is 37.0 Å². The summed E-state index contributed by atoms with van der Waals surface area (Å²) in [6.45, 7) is 5.74. The molecule has 0 spiro atoms. The third kappa shape index (κ3) is 4.98. The number of hydrogen-bond acceptors (Lipinski definition) is 5. The van der Waals surface area contributed by atoms with E-state index in [1.807, 2.05) is 46.1 Å². The molecule has 1 aromatic carbocycles. The summed E-state index contributed by atoms with van der Waals surface area (Å²) in [6, 6.07) is 7.92. The Labute approximate surface area is 189 Å². The first-order valence-electron chi connectivity index (χ1n) is 11.3. The van der Waals surface area contributed by atoms with Crippen LogP contribution in [-0.2, 0) is 11.2 Å². The topological polar surface area (TPSA) is 73.1 Å². The van der Waals surface area contributed by atoms with E-state index in [0.29, 0.717) is 18.9 Å². The highest BCUT2D eigenvalue weighted by molar-refractivity contribution is 5.76. The number of benzene rings is 1. The quantitative estimate of drug-likeness (QED) is 0.560. The standard InChI is InChI=1S/C25H31N5O2/c1-18(2)25-27-12-14-30(25)23-16-26-15-22(28-23)20-5-4-13-29(17-20)24(31)11-8-19-6-9-21(32-3)10-7-19/h6-7,9-10,12,14-16,18,20H,4-5,8,11,13,17H2,1-3H3/t20-/m1/s1. The molecule has 0 saturated carbocycles. The van der Waals surface area contributed by atoms with Gasteiger partial charge in [-0.3, -0.25) is 14.3 Å². The molecular weight excluding hydrogens is 402 g/mol. The van der Waals surface area contributed by atoms with E-state index in [1.165, 1.54) is 0 Å².